The van der Waals surface area contributed by atoms with E-state index < -0.39 is 11.5 Å². The quantitative estimate of drug-likeness (QED) is 0.735. The first-order valence-corrected chi connectivity index (χ1v) is 7.69. The number of nitrogens with one attached hydrogen (secondary N) is 1. The van der Waals surface area contributed by atoms with Gasteiger partial charge in [-0.3, -0.25) is 9.59 Å². The second-order valence-electron chi connectivity index (χ2n) is 5.36. The summed E-state index contributed by atoms with van der Waals surface area (Å²) < 4.78 is 5.36. The maximum Gasteiger partial charge on any atom is 0.305 e. The van der Waals surface area contributed by atoms with E-state index in [4.69, 9.17) is 9.84 Å². The number of rotatable bonds is 9. The predicted molar refractivity (Wildman–Crippen MR) is 85.0 cm³/mol. The number of carbonyl (C=O) groups excluding carboxylic acids is 1. The largest absolute Gasteiger partial charge is 0.494 e. The van der Waals surface area contributed by atoms with Crippen LogP contribution < -0.4 is 10.1 Å². The van der Waals surface area contributed by atoms with Crippen LogP contribution in [0.3, 0.4) is 0 Å². The van der Waals surface area contributed by atoms with Gasteiger partial charge >= 0.3 is 5.97 Å². The highest BCUT2D eigenvalue weighted by molar-refractivity contribution is 5.80. The van der Waals surface area contributed by atoms with Crippen molar-refractivity contribution in [1.29, 1.82) is 0 Å². The molecular weight excluding hydrogens is 282 g/mol. The van der Waals surface area contributed by atoms with Gasteiger partial charge in [0, 0.05) is 5.54 Å². The molecule has 0 aliphatic heterocycles. The molecule has 0 radical (unpaired) electrons. The predicted octanol–water partition coefficient (Wildman–Crippen LogP) is 2.78. The van der Waals surface area contributed by atoms with Gasteiger partial charge in [-0.25, -0.2) is 0 Å². The molecule has 0 heterocycles. The molecule has 0 unspecified atom stereocenters. The fourth-order valence-electron chi connectivity index (χ4n) is 2.41. The van der Waals surface area contributed by atoms with E-state index in [2.05, 4.69) is 5.32 Å². The molecule has 2 N–H and O–H groups in total. The zero-order chi connectivity index (χ0) is 16.6. The molecule has 0 bridgehead atoms. The van der Waals surface area contributed by atoms with Crippen LogP contribution in [0.5, 0.6) is 5.75 Å². The highest BCUT2D eigenvalue weighted by Crippen LogP contribution is 2.20. The third-order valence-electron chi connectivity index (χ3n) is 3.85. The Balaban J connectivity index is 2.68. The van der Waals surface area contributed by atoms with Gasteiger partial charge in [0.1, 0.15) is 5.75 Å². The second kappa shape index (κ2) is 8.41. The first-order chi connectivity index (χ1) is 10.4. The van der Waals surface area contributed by atoms with Gasteiger partial charge in [-0.05, 0) is 37.5 Å². The summed E-state index contributed by atoms with van der Waals surface area (Å²) in [6.07, 6.45) is 1.35. The normalized spacial score (nSPS) is 11.0. The van der Waals surface area contributed by atoms with E-state index in [0.29, 0.717) is 19.4 Å². The lowest BCUT2D eigenvalue weighted by molar-refractivity contribution is -0.139. The third kappa shape index (κ3) is 5.39. The summed E-state index contributed by atoms with van der Waals surface area (Å²) in [5.41, 5.74) is 0.200. The maximum atomic E-state index is 12.2. The van der Waals surface area contributed by atoms with Crippen molar-refractivity contribution in [2.24, 2.45) is 0 Å². The lowest BCUT2D eigenvalue weighted by Crippen LogP contribution is -2.49. The Labute approximate surface area is 131 Å². The molecule has 1 aromatic carbocycles. The van der Waals surface area contributed by atoms with Crippen LogP contribution in [0.2, 0.25) is 0 Å². The summed E-state index contributed by atoms with van der Waals surface area (Å²) in [5.74, 6) is -0.284. The van der Waals surface area contributed by atoms with E-state index in [1.807, 2.05) is 45.0 Å². The Hall–Kier alpha value is -2.04. The first kappa shape index (κ1) is 18.0. The molecule has 1 amide bonds. The summed E-state index contributed by atoms with van der Waals surface area (Å²) >= 11 is 0. The molecule has 5 nitrogen and oxygen atoms in total. The number of aliphatic carboxylic acids is 1. The minimum Gasteiger partial charge on any atom is -0.494 e. The molecule has 0 saturated heterocycles. The van der Waals surface area contributed by atoms with Crippen LogP contribution in [0.15, 0.2) is 24.3 Å². The van der Waals surface area contributed by atoms with Crippen molar-refractivity contribution < 1.29 is 19.4 Å². The molecular formula is C17H25NO4. The highest BCUT2D eigenvalue weighted by atomic mass is 16.5. The maximum absolute atomic E-state index is 12.2. The lowest BCUT2D eigenvalue weighted by atomic mass is 9.88. The van der Waals surface area contributed by atoms with Crippen LogP contribution in [0, 0.1) is 0 Å². The lowest BCUT2D eigenvalue weighted by Gasteiger charge is -2.31. The monoisotopic (exact) mass is 307 g/mol. The van der Waals surface area contributed by atoms with Gasteiger partial charge in [0.05, 0.1) is 19.4 Å². The van der Waals surface area contributed by atoms with Crippen LogP contribution in [0.1, 0.15) is 45.6 Å². The van der Waals surface area contributed by atoms with Crippen molar-refractivity contribution >= 4 is 11.9 Å². The SMILES string of the molecule is CCOc1ccc(CC(=O)NC(CC)(CC)CC(=O)O)cc1. The average molecular weight is 307 g/mol. The van der Waals surface area contributed by atoms with Gasteiger partial charge < -0.3 is 15.2 Å². The smallest absolute Gasteiger partial charge is 0.305 e. The van der Waals surface area contributed by atoms with Gasteiger partial charge in [0.2, 0.25) is 5.91 Å². The fourth-order valence-corrected chi connectivity index (χ4v) is 2.41. The van der Waals surface area contributed by atoms with Crippen molar-refractivity contribution in [1.82, 2.24) is 5.32 Å². The van der Waals surface area contributed by atoms with E-state index in [-0.39, 0.29) is 18.7 Å². The number of carbonyl (C=O) groups is 2. The van der Waals surface area contributed by atoms with Crippen LogP contribution in [0.25, 0.3) is 0 Å². The van der Waals surface area contributed by atoms with Gasteiger partial charge in [0.25, 0.3) is 0 Å². The standard InChI is InChI=1S/C17H25NO4/c1-4-17(5-2,12-16(20)21)18-15(19)11-13-7-9-14(10-8-13)22-6-3/h7-10H,4-6,11-12H2,1-3H3,(H,18,19)(H,20,21). The number of amides is 1. The molecule has 0 fully saturated rings. The number of ether oxygens (including phenoxy) is 1. The van der Waals surface area contributed by atoms with E-state index in [9.17, 15) is 9.59 Å². The second-order valence-corrected chi connectivity index (χ2v) is 5.36. The number of hydrogen-bond donors (Lipinski definition) is 2. The highest BCUT2D eigenvalue weighted by Gasteiger charge is 2.30. The Morgan fingerprint density at radius 1 is 1.14 bits per heavy atom. The number of carboxylic acids is 1. The number of benzene rings is 1. The molecule has 0 aliphatic rings. The minimum atomic E-state index is -0.898. The molecule has 0 atom stereocenters. The molecule has 0 aromatic heterocycles. The zero-order valence-electron chi connectivity index (χ0n) is 13.5. The van der Waals surface area contributed by atoms with E-state index >= 15 is 0 Å². The molecule has 0 saturated carbocycles. The first-order valence-electron chi connectivity index (χ1n) is 7.69. The molecule has 0 spiro atoms. The summed E-state index contributed by atoms with van der Waals surface area (Å²) in [4.78, 5) is 23.2. The van der Waals surface area contributed by atoms with Gasteiger partial charge in [-0.15, -0.1) is 0 Å². The Morgan fingerprint density at radius 3 is 2.18 bits per heavy atom. The summed E-state index contributed by atoms with van der Waals surface area (Å²) in [5, 5.41) is 11.9. The van der Waals surface area contributed by atoms with Crippen LogP contribution in [-0.4, -0.2) is 29.1 Å². The van der Waals surface area contributed by atoms with Crippen LogP contribution in [0.4, 0.5) is 0 Å². The molecule has 0 aliphatic carbocycles. The van der Waals surface area contributed by atoms with E-state index in [1.54, 1.807) is 0 Å². The van der Waals surface area contributed by atoms with Gasteiger partial charge in [-0.1, -0.05) is 26.0 Å². The summed E-state index contributed by atoms with van der Waals surface area (Å²) in [6.45, 7) is 6.30. The van der Waals surface area contributed by atoms with Crippen molar-refractivity contribution in [3.05, 3.63) is 29.8 Å². The average Bonchev–Trinajstić information content (AvgIpc) is 2.48. The van der Waals surface area contributed by atoms with Crippen LogP contribution >= 0.6 is 0 Å². The Kier molecular flexibility index (Phi) is 6.89. The van der Waals surface area contributed by atoms with Crippen molar-refractivity contribution in [3.63, 3.8) is 0 Å². The molecule has 1 rings (SSSR count). The summed E-state index contributed by atoms with van der Waals surface area (Å²) in [7, 11) is 0. The van der Waals surface area contributed by atoms with Crippen LogP contribution in [-0.2, 0) is 16.0 Å². The van der Waals surface area contributed by atoms with E-state index in [0.717, 1.165) is 11.3 Å². The van der Waals surface area contributed by atoms with E-state index in [1.165, 1.54) is 0 Å². The number of carboxylic acid groups (broad SMARTS) is 1. The zero-order valence-corrected chi connectivity index (χ0v) is 13.5. The van der Waals surface area contributed by atoms with Crippen molar-refractivity contribution in [2.75, 3.05) is 6.61 Å². The molecule has 22 heavy (non-hydrogen) atoms. The van der Waals surface area contributed by atoms with Gasteiger partial charge in [-0.2, -0.15) is 0 Å². The third-order valence-corrected chi connectivity index (χ3v) is 3.85. The number of hydrogen-bond acceptors (Lipinski definition) is 3. The Bertz CT molecular complexity index is 492. The molecule has 122 valence electrons. The van der Waals surface area contributed by atoms with Gasteiger partial charge in [0.15, 0.2) is 0 Å². The molecule has 1 aromatic rings. The fraction of sp³-hybridized carbons (Fsp3) is 0.529. The Morgan fingerprint density at radius 2 is 1.73 bits per heavy atom. The van der Waals surface area contributed by atoms with Crippen molar-refractivity contribution in [2.45, 2.75) is 52.0 Å². The van der Waals surface area contributed by atoms with Crippen molar-refractivity contribution in [3.8, 4) is 5.75 Å². The topological polar surface area (TPSA) is 75.6 Å². The molecule has 5 heteroatoms. The minimum absolute atomic E-state index is 0.0605. The summed E-state index contributed by atoms with van der Waals surface area (Å²) in [6, 6.07) is 7.36.